The van der Waals surface area contributed by atoms with Crippen molar-refractivity contribution in [2.24, 2.45) is 16.7 Å². The van der Waals surface area contributed by atoms with Crippen molar-refractivity contribution in [3.05, 3.63) is 0 Å². The van der Waals surface area contributed by atoms with E-state index in [2.05, 4.69) is 34.6 Å². The number of rotatable bonds is 5. The molecule has 2 heteroatoms. The van der Waals surface area contributed by atoms with Crippen molar-refractivity contribution in [3.63, 3.8) is 0 Å². The summed E-state index contributed by atoms with van der Waals surface area (Å²) in [7, 11) is 1.81. The van der Waals surface area contributed by atoms with Crippen molar-refractivity contribution in [2.45, 2.75) is 78.7 Å². The molecule has 0 N–H and O–H groups in total. The highest BCUT2D eigenvalue weighted by Gasteiger charge is 2.38. The van der Waals surface area contributed by atoms with E-state index < -0.39 is 0 Å². The molecule has 0 aromatic carbocycles. The zero-order valence-corrected chi connectivity index (χ0v) is 14.6. The molecule has 0 aliphatic heterocycles. The van der Waals surface area contributed by atoms with Crippen LogP contribution in [0.1, 0.15) is 73.1 Å². The molecule has 0 atom stereocenters. The van der Waals surface area contributed by atoms with Crippen molar-refractivity contribution in [2.75, 3.05) is 13.0 Å². The van der Waals surface area contributed by atoms with Gasteiger partial charge in [0.25, 0.3) is 0 Å². The molecule has 0 unspecified atom stereocenters. The molecule has 1 aliphatic carbocycles. The van der Waals surface area contributed by atoms with Crippen LogP contribution in [0.15, 0.2) is 0 Å². The zero-order chi connectivity index (χ0) is 14.7. The normalized spacial score (nSPS) is 29.5. The first-order chi connectivity index (χ1) is 8.64. The van der Waals surface area contributed by atoms with Gasteiger partial charge in [-0.3, -0.25) is 0 Å². The molecule has 0 heterocycles. The average molecular weight is 289 g/mol. The van der Waals surface area contributed by atoms with E-state index in [1.807, 2.05) is 7.11 Å². The van der Waals surface area contributed by atoms with Crippen LogP contribution in [0.5, 0.6) is 0 Å². The van der Waals surface area contributed by atoms with Crippen LogP contribution >= 0.6 is 11.6 Å². The summed E-state index contributed by atoms with van der Waals surface area (Å²) in [5.41, 5.74) is 0.795. The van der Waals surface area contributed by atoms with Gasteiger partial charge < -0.3 is 4.74 Å². The van der Waals surface area contributed by atoms with Crippen LogP contribution in [0.3, 0.4) is 0 Å². The highest BCUT2D eigenvalue weighted by molar-refractivity contribution is 6.18. The maximum absolute atomic E-state index is 6.33. The second-order valence-corrected chi connectivity index (χ2v) is 8.51. The van der Waals surface area contributed by atoms with Crippen molar-refractivity contribution in [1.82, 2.24) is 0 Å². The molecule has 0 bridgehead atoms. The Kier molecular flexibility index (Phi) is 5.78. The molecule has 1 nitrogen and oxygen atoms in total. The summed E-state index contributed by atoms with van der Waals surface area (Å²) in [4.78, 5) is 0. The van der Waals surface area contributed by atoms with Gasteiger partial charge in [-0.15, -0.1) is 11.6 Å². The lowest BCUT2D eigenvalue weighted by atomic mass is 9.63. The Balaban J connectivity index is 2.56. The first kappa shape index (κ1) is 17.3. The van der Waals surface area contributed by atoms with Gasteiger partial charge in [-0.05, 0) is 69.1 Å². The molecular weight excluding hydrogens is 256 g/mol. The van der Waals surface area contributed by atoms with E-state index >= 15 is 0 Å². The number of hydrogen-bond acceptors (Lipinski definition) is 1. The molecule has 1 rings (SSSR count). The number of methoxy groups -OCH3 is 1. The van der Waals surface area contributed by atoms with E-state index in [1.54, 1.807) is 0 Å². The van der Waals surface area contributed by atoms with Crippen molar-refractivity contribution >= 4 is 11.6 Å². The molecule has 1 fully saturated rings. The fourth-order valence-electron chi connectivity index (χ4n) is 3.21. The first-order valence-corrected chi connectivity index (χ1v) is 8.29. The van der Waals surface area contributed by atoms with E-state index in [1.165, 1.54) is 32.1 Å². The second kappa shape index (κ2) is 6.35. The summed E-state index contributed by atoms with van der Waals surface area (Å²) in [6, 6.07) is 0. The number of hydrogen-bond donors (Lipinski definition) is 0. The Morgan fingerprint density at radius 3 is 2.00 bits per heavy atom. The van der Waals surface area contributed by atoms with Gasteiger partial charge in [-0.2, -0.15) is 0 Å². The van der Waals surface area contributed by atoms with Gasteiger partial charge >= 0.3 is 0 Å². The fraction of sp³-hybridized carbons (Fsp3) is 1.00. The van der Waals surface area contributed by atoms with Gasteiger partial charge in [0.05, 0.1) is 5.60 Å². The molecule has 0 aromatic heterocycles. The zero-order valence-electron chi connectivity index (χ0n) is 13.8. The average Bonchev–Trinajstić information content (AvgIpc) is 2.36. The van der Waals surface area contributed by atoms with Crippen LogP contribution in [-0.4, -0.2) is 18.6 Å². The minimum atomic E-state index is -0.0140. The Hall–Kier alpha value is 0.250. The molecule has 0 amide bonds. The van der Waals surface area contributed by atoms with Crippen LogP contribution in [-0.2, 0) is 4.74 Å². The fourth-order valence-corrected chi connectivity index (χ4v) is 3.62. The monoisotopic (exact) mass is 288 g/mol. The van der Waals surface area contributed by atoms with E-state index in [0.29, 0.717) is 10.8 Å². The summed E-state index contributed by atoms with van der Waals surface area (Å²) in [5.74, 6) is 1.67. The van der Waals surface area contributed by atoms with Gasteiger partial charge in [0.1, 0.15) is 0 Å². The maximum Gasteiger partial charge on any atom is 0.0623 e. The van der Waals surface area contributed by atoms with Gasteiger partial charge in [-0.25, -0.2) is 0 Å². The Labute approximate surface area is 125 Å². The Morgan fingerprint density at radius 2 is 1.63 bits per heavy atom. The van der Waals surface area contributed by atoms with Crippen LogP contribution in [0.25, 0.3) is 0 Å². The molecular formula is C17H33ClO. The predicted molar refractivity (Wildman–Crippen MR) is 84.9 cm³/mol. The van der Waals surface area contributed by atoms with E-state index in [4.69, 9.17) is 16.3 Å². The summed E-state index contributed by atoms with van der Waals surface area (Å²) in [6.45, 7) is 11.5. The standard InChI is InChI=1S/C17H33ClO/c1-15(2,3)14-7-9-17(13-18,10-8-14)12-11-16(4,5)19-6/h14H,7-13H2,1-6H3. The van der Waals surface area contributed by atoms with Crippen LogP contribution in [0, 0.1) is 16.7 Å². The lowest BCUT2D eigenvalue weighted by Gasteiger charge is -2.44. The highest BCUT2D eigenvalue weighted by Crippen LogP contribution is 2.48. The van der Waals surface area contributed by atoms with Crippen molar-refractivity contribution in [1.29, 1.82) is 0 Å². The van der Waals surface area contributed by atoms with Crippen LogP contribution < -0.4 is 0 Å². The maximum atomic E-state index is 6.33. The smallest absolute Gasteiger partial charge is 0.0623 e. The summed E-state index contributed by atoms with van der Waals surface area (Å²) in [5, 5.41) is 0. The molecule has 1 saturated carbocycles. The molecule has 0 aromatic rings. The molecule has 0 saturated heterocycles. The first-order valence-electron chi connectivity index (χ1n) is 7.75. The topological polar surface area (TPSA) is 9.23 Å². The molecule has 1 aliphatic rings. The minimum Gasteiger partial charge on any atom is -0.379 e. The predicted octanol–water partition coefficient (Wildman–Crippen LogP) is 5.65. The van der Waals surface area contributed by atoms with Crippen molar-refractivity contribution < 1.29 is 4.74 Å². The molecule has 0 radical (unpaired) electrons. The molecule has 114 valence electrons. The largest absolute Gasteiger partial charge is 0.379 e. The van der Waals surface area contributed by atoms with E-state index in [0.717, 1.165) is 18.2 Å². The number of halogens is 1. The van der Waals surface area contributed by atoms with E-state index in [9.17, 15) is 0 Å². The third-order valence-electron chi connectivity index (χ3n) is 5.36. The second-order valence-electron chi connectivity index (χ2n) is 8.24. The summed E-state index contributed by atoms with van der Waals surface area (Å²) >= 11 is 6.33. The van der Waals surface area contributed by atoms with Gasteiger partial charge in [0, 0.05) is 13.0 Å². The number of ether oxygens (including phenoxy) is 1. The minimum absolute atomic E-state index is 0.0140. The van der Waals surface area contributed by atoms with Gasteiger partial charge in [0.15, 0.2) is 0 Å². The van der Waals surface area contributed by atoms with Gasteiger partial charge in [-0.1, -0.05) is 20.8 Å². The summed E-state index contributed by atoms with van der Waals surface area (Å²) < 4.78 is 5.55. The highest BCUT2D eigenvalue weighted by atomic mass is 35.5. The van der Waals surface area contributed by atoms with Crippen LogP contribution in [0.2, 0.25) is 0 Å². The molecule has 0 spiro atoms. The lowest BCUT2D eigenvalue weighted by molar-refractivity contribution is -0.00286. The quantitative estimate of drug-likeness (QED) is 0.594. The third kappa shape index (κ3) is 4.93. The third-order valence-corrected chi connectivity index (χ3v) is 5.93. The SMILES string of the molecule is COC(C)(C)CCC1(CCl)CCC(C(C)(C)C)CC1. The van der Waals surface area contributed by atoms with Gasteiger partial charge in [0.2, 0.25) is 0 Å². The molecule has 19 heavy (non-hydrogen) atoms. The van der Waals surface area contributed by atoms with Crippen molar-refractivity contribution in [3.8, 4) is 0 Å². The van der Waals surface area contributed by atoms with Crippen LogP contribution in [0.4, 0.5) is 0 Å². The Morgan fingerprint density at radius 1 is 1.11 bits per heavy atom. The number of alkyl halides is 1. The van der Waals surface area contributed by atoms with E-state index in [-0.39, 0.29) is 5.60 Å². The Bertz CT molecular complexity index is 269. The summed E-state index contributed by atoms with van der Waals surface area (Å²) in [6.07, 6.45) is 7.56. The lowest BCUT2D eigenvalue weighted by Crippen LogP contribution is -2.35.